The summed E-state index contributed by atoms with van der Waals surface area (Å²) in [7, 11) is 0. The Labute approximate surface area is 128 Å². The van der Waals surface area contributed by atoms with E-state index in [0.717, 1.165) is 22.9 Å². The summed E-state index contributed by atoms with van der Waals surface area (Å²) in [6, 6.07) is 10.9. The molecule has 0 radical (unpaired) electrons. The van der Waals surface area contributed by atoms with E-state index in [1.165, 1.54) is 16.4 Å². The van der Waals surface area contributed by atoms with E-state index >= 15 is 0 Å². The van der Waals surface area contributed by atoms with Gasteiger partial charge in [-0.2, -0.15) is 11.8 Å². The van der Waals surface area contributed by atoms with Gasteiger partial charge in [-0.05, 0) is 6.92 Å². The van der Waals surface area contributed by atoms with E-state index in [1.54, 1.807) is 11.3 Å². The zero-order valence-corrected chi connectivity index (χ0v) is 13.2. The van der Waals surface area contributed by atoms with Gasteiger partial charge in [0.15, 0.2) is 5.13 Å². The van der Waals surface area contributed by atoms with Crippen LogP contribution in [0, 0.1) is 0 Å². The van der Waals surface area contributed by atoms with E-state index in [1.807, 2.05) is 17.8 Å². The molecule has 1 aliphatic rings. The van der Waals surface area contributed by atoms with E-state index in [9.17, 15) is 0 Å². The highest BCUT2D eigenvalue weighted by atomic mass is 32.2. The lowest BCUT2D eigenvalue weighted by Gasteiger charge is -2.32. The van der Waals surface area contributed by atoms with Crippen LogP contribution in [0.15, 0.2) is 30.3 Å². The highest BCUT2D eigenvalue weighted by Gasteiger charge is 2.23. The standard InChI is InChI=1S/C15H19N3S2/c1-11-10-19-8-7-18(11)15-17-14(13(9-16)20-15)12-5-3-2-4-6-12/h2-6,11H,7-10,16H2,1H3. The molecule has 0 aliphatic carbocycles. The maximum atomic E-state index is 5.91. The van der Waals surface area contributed by atoms with Gasteiger partial charge in [0.2, 0.25) is 0 Å². The van der Waals surface area contributed by atoms with Gasteiger partial charge in [0.1, 0.15) is 0 Å². The molecule has 1 atom stereocenters. The van der Waals surface area contributed by atoms with Crippen molar-refractivity contribution in [1.29, 1.82) is 0 Å². The SMILES string of the molecule is CC1CSCCN1c1nc(-c2ccccc2)c(CN)s1. The molecule has 2 aromatic rings. The van der Waals surface area contributed by atoms with Crippen LogP contribution in [0.25, 0.3) is 11.3 Å². The van der Waals surface area contributed by atoms with Gasteiger partial charge in [-0.1, -0.05) is 41.7 Å². The van der Waals surface area contributed by atoms with Gasteiger partial charge < -0.3 is 10.6 Å². The van der Waals surface area contributed by atoms with Crippen LogP contribution in [0.1, 0.15) is 11.8 Å². The minimum atomic E-state index is 0.550. The summed E-state index contributed by atoms with van der Waals surface area (Å²) >= 11 is 3.77. The van der Waals surface area contributed by atoms with Gasteiger partial charge >= 0.3 is 0 Å². The predicted molar refractivity (Wildman–Crippen MR) is 89.6 cm³/mol. The highest BCUT2D eigenvalue weighted by Crippen LogP contribution is 2.35. The number of rotatable bonds is 3. The van der Waals surface area contributed by atoms with E-state index in [2.05, 4.69) is 36.1 Å². The van der Waals surface area contributed by atoms with Crippen molar-refractivity contribution in [2.75, 3.05) is 23.0 Å². The van der Waals surface area contributed by atoms with Crippen molar-refractivity contribution in [1.82, 2.24) is 4.98 Å². The van der Waals surface area contributed by atoms with Crippen molar-refractivity contribution in [2.45, 2.75) is 19.5 Å². The van der Waals surface area contributed by atoms with Crippen molar-refractivity contribution in [3.63, 3.8) is 0 Å². The maximum absolute atomic E-state index is 5.91. The van der Waals surface area contributed by atoms with Crippen LogP contribution in [0.4, 0.5) is 5.13 Å². The number of anilines is 1. The van der Waals surface area contributed by atoms with Crippen LogP contribution in [-0.4, -0.2) is 29.1 Å². The summed E-state index contributed by atoms with van der Waals surface area (Å²) in [5.74, 6) is 2.36. The lowest BCUT2D eigenvalue weighted by Crippen LogP contribution is -2.40. The molecule has 3 rings (SSSR count). The second-order valence-corrected chi connectivity index (χ2v) is 7.17. The van der Waals surface area contributed by atoms with Gasteiger partial charge in [0.25, 0.3) is 0 Å². The molecule has 0 amide bonds. The van der Waals surface area contributed by atoms with Gasteiger partial charge in [0.05, 0.1) is 5.69 Å². The van der Waals surface area contributed by atoms with Gasteiger partial charge in [-0.15, -0.1) is 0 Å². The minimum absolute atomic E-state index is 0.550. The van der Waals surface area contributed by atoms with Crippen molar-refractivity contribution in [2.24, 2.45) is 5.73 Å². The molecule has 1 fully saturated rings. The minimum Gasteiger partial charge on any atom is -0.344 e. The highest BCUT2D eigenvalue weighted by molar-refractivity contribution is 7.99. The summed E-state index contributed by atoms with van der Waals surface area (Å²) < 4.78 is 0. The average molecular weight is 305 g/mol. The molecular formula is C15H19N3S2. The first-order valence-corrected chi connectivity index (χ1v) is 8.86. The predicted octanol–water partition coefficient (Wildman–Crippen LogP) is 3.21. The van der Waals surface area contributed by atoms with Gasteiger partial charge in [-0.25, -0.2) is 4.98 Å². The fourth-order valence-corrected chi connectivity index (χ4v) is 4.54. The number of hydrogen-bond acceptors (Lipinski definition) is 5. The topological polar surface area (TPSA) is 42.2 Å². The molecule has 106 valence electrons. The Hall–Kier alpha value is -1.04. The Bertz CT molecular complexity index is 568. The molecule has 3 nitrogen and oxygen atoms in total. The Morgan fingerprint density at radius 1 is 1.35 bits per heavy atom. The van der Waals surface area contributed by atoms with Crippen LogP contribution in [0.3, 0.4) is 0 Å². The van der Waals surface area contributed by atoms with Crippen LogP contribution in [0.2, 0.25) is 0 Å². The molecule has 5 heteroatoms. The number of hydrogen-bond donors (Lipinski definition) is 1. The molecule has 20 heavy (non-hydrogen) atoms. The quantitative estimate of drug-likeness (QED) is 0.945. The van der Waals surface area contributed by atoms with E-state index in [4.69, 9.17) is 10.7 Å². The molecule has 0 saturated carbocycles. The first kappa shape index (κ1) is 13.9. The first-order valence-electron chi connectivity index (χ1n) is 6.89. The van der Waals surface area contributed by atoms with Crippen molar-refractivity contribution < 1.29 is 0 Å². The van der Waals surface area contributed by atoms with E-state index in [0.29, 0.717) is 12.6 Å². The number of nitrogens with zero attached hydrogens (tertiary/aromatic N) is 2. The monoisotopic (exact) mass is 305 g/mol. The summed E-state index contributed by atoms with van der Waals surface area (Å²) in [6.07, 6.45) is 0. The molecule has 1 unspecified atom stereocenters. The molecular weight excluding hydrogens is 286 g/mol. The zero-order valence-electron chi connectivity index (χ0n) is 11.6. The fraction of sp³-hybridized carbons (Fsp3) is 0.400. The smallest absolute Gasteiger partial charge is 0.186 e. The number of aromatic nitrogens is 1. The zero-order chi connectivity index (χ0) is 13.9. The Balaban J connectivity index is 1.96. The summed E-state index contributed by atoms with van der Waals surface area (Å²) in [5, 5.41) is 1.12. The third kappa shape index (κ3) is 2.71. The molecule has 0 spiro atoms. The van der Waals surface area contributed by atoms with Gasteiger partial charge in [-0.3, -0.25) is 0 Å². The molecule has 1 aromatic carbocycles. The van der Waals surface area contributed by atoms with E-state index < -0.39 is 0 Å². The Kier molecular flexibility index (Phi) is 4.29. The van der Waals surface area contributed by atoms with Crippen molar-refractivity contribution >= 4 is 28.2 Å². The second kappa shape index (κ2) is 6.16. The fourth-order valence-electron chi connectivity index (χ4n) is 2.43. The summed E-state index contributed by atoms with van der Waals surface area (Å²) in [4.78, 5) is 8.48. The average Bonchev–Trinajstić information content (AvgIpc) is 2.92. The van der Waals surface area contributed by atoms with E-state index in [-0.39, 0.29) is 0 Å². The van der Waals surface area contributed by atoms with Crippen LogP contribution < -0.4 is 10.6 Å². The van der Waals surface area contributed by atoms with Gasteiger partial charge in [0, 0.05) is 41.1 Å². The molecule has 2 heterocycles. The van der Waals surface area contributed by atoms with Crippen LogP contribution in [0.5, 0.6) is 0 Å². The Morgan fingerprint density at radius 2 is 2.15 bits per heavy atom. The molecule has 2 N–H and O–H groups in total. The lowest BCUT2D eigenvalue weighted by molar-refractivity contribution is 0.697. The number of thiazole rings is 1. The van der Waals surface area contributed by atoms with Crippen molar-refractivity contribution in [3.05, 3.63) is 35.2 Å². The second-order valence-electron chi connectivity index (χ2n) is 4.96. The molecule has 0 bridgehead atoms. The Morgan fingerprint density at radius 3 is 2.85 bits per heavy atom. The number of thioether (sulfide) groups is 1. The molecule has 1 saturated heterocycles. The lowest BCUT2D eigenvalue weighted by atomic mass is 10.1. The third-order valence-corrected chi connectivity index (χ3v) is 5.84. The van der Waals surface area contributed by atoms with Crippen LogP contribution in [-0.2, 0) is 6.54 Å². The van der Waals surface area contributed by atoms with Crippen molar-refractivity contribution in [3.8, 4) is 11.3 Å². The maximum Gasteiger partial charge on any atom is 0.186 e. The number of benzene rings is 1. The largest absolute Gasteiger partial charge is 0.344 e. The van der Waals surface area contributed by atoms with Crippen LogP contribution >= 0.6 is 23.1 Å². The summed E-state index contributed by atoms with van der Waals surface area (Å²) in [6.45, 7) is 3.91. The molecule has 1 aromatic heterocycles. The first-order chi connectivity index (χ1) is 9.79. The summed E-state index contributed by atoms with van der Waals surface area (Å²) in [5.41, 5.74) is 8.13. The number of nitrogens with two attached hydrogens (primary N) is 1. The normalized spacial score (nSPS) is 19.3. The third-order valence-electron chi connectivity index (χ3n) is 3.53. The molecule has 1 aliphatic heterocycles.